The lowest BCUT2D eigenvalue weighted by Crippen LogP contribution is -2.59. The first-order valence-corrected chi connectivity index (χ1v) is 28.8. The maximum absolute atomic E-state index is 14.3. The van der Waals surface area contributed by atoms with E-state index >= 15 is 0 Å². The molecule has 1 aliphatic rings. The standard InChI is InChI=1S/C56H73N15O16S/c1-88-20-18-38(52(84)66-37(13-8-19-61-56(58)59)51(83)69-39(50(82)63-29-47(78)79)22-32-11-6-3-7-12-32)67-53(85)41(24-34-27-60-30-64-34)65-44(73)28-62-49(81)40(23-33-14-16-35(72)17-15-33)70-55(87)43(26-46(76)77)71-54(86)42(25-45(74)75)68-48(80)36(57)21-31-9-4-2-5-10-31/h2-7,9-12,14-17,27,30,34,36-43,72H,8,13,18-26,28-29,57H2,1H3,(H,62,81)(H,63,82)(H,65,73)(H,66,84)(H,67,85)(H,68,80)(H,69,83)(H,70,87)(H,71,86)(H,74,75)(H,76,77)(H,78,79)(H4,58,59,61)/t34?,36-,37-,38-,39-,40-,41-,42-,43-/m0/s1. The van der Waals surface area contributed by atoms with Gasteiger partial charge in [-0.25, -0.2) is 4.99 Å². The molecule has 32 heteroatoms. The number of nitrogens with two attached hydrogens (primary N) is 3. The Morgan fingerprint density at radius 1 is 0.534 bits per heavy atom. The van der Waals surface area contributed by atoms with Crippen LogP contribution in [0.25, 0.3) is 0 Å². The van der Waals surface area contributed by atoms with Crippen LogP contribution in [0.4, 0.5) is 0 Å². The Bertz CT molecular complexity index is 3000. The molecule has 88 heavy (non-hydrogen) atoms. The third-order valence-electron chi connectivity index (χ3n) is 13.0. The molecule has 0 bridgehead atoms. The molecule has 0 saturated carbocycles. The Morgan fingerprint density at radius 2 is 0.989 bits per heavy atom. The van der Waals surface area contributed by atoms with Crippen molar-refractivity contribution in [2.45, 2.75) is 112 Å². The van der Waals surface area contributed by atoms with Gasteiger partial charge in [-0.1, -0.05) is 72.8 Å². The molecule has 0 radical (unpaired) electrons. The number of nitrogens with one attached hydrogen (secondary N) is 9. The molecule has 1 unspecified atom stereocenters. The molecule has 19 N–H and O–H groups in total. The summed E-state index contributed by atoms with van der Waals surface area (Å²) in [6.45, 7) is -1.61. The average molecular weight is 1240 g/mol. The van der Waals surface area contributed by atoms with Crippen molar-refractivity contribution >= 4 is 101 Å². The number of carboxylic acids is 3. The fourth-order valence-corrected chi connectivity index (χ4v) is 8.97. The smallest absolute Gasteiger partial charge is 0.322 e. The second-order valence-corrected chi connectivity index (χ2v) is 21.0. The largest absolute Gasteiger partial charge is 0.508 e. The van der Waals surface area contributed by atoms with Crippen LogP contribution in [0.1, 0.15) is 55.2 Å². The van der Waals surface area contributed by atoms with Crippen LogP contribution in [-0.4, -0.2) is 196 Å². The van der Waals surface area contributed by atoms with Gasteiger partial charge >= 0.3 is 17.9 Å². The summed E-state index contributed by atoms with van der Waals surface area (Å²) in [4.78, 5) is 172. The molecule has 0 fully saturated rings. The number of benzene rings is 3. The van der Waals surface area contributed by atoms with Gasteiger partial charge in [0.05, 0.1) is 31.5 Å². The van der Waals surface area contributed by atoms with Gasteiger partial charge in [0.25, 0.3) is 0 Å². The second-order valence-electron chi connectivity index (χ2n) is 20.0. The van der Waals surface area contributed by atoms with Gasteiger partial charge in [-0.15, -0.1) is 0 Å². The first kappa shape index (κ1) is 70.5. The molecule has 0 saturated heterocycles. The zero-order valence-electron chi connectivity index (χ0n) is 47.8. The zero-order chi connectivity index (χ0) is 64.7. The molecule has 3 aromatic carbocycles. The van der Waals surface area contributed by atoms with Gasteiger partial charge in [0.2, 0.25) is 53.2 Å². The minimum atomic E-state index is -2.00. The number of thioether (sulfide) groups is 1. The van der Waals surface area contributed by atoms with Gasteiger partial charge in [0, 0.05) is 32.0 Å². The first-order chi connectivity index (χ1) is 41.9. The van der Waals surface area contributed by atoms with E-state index in [0.29, 0.717) is 16.7 Å². The van der Waals surface area contributed by atoms with Crippen molar-refractivity contribution in [3.63, 3.8) is 0 Å². The summed E-state index contributed by atoms with van der Waals surface area (Å²) in [6.07, 6.45) is 1.50. The summed E-state index contributed by atoms with van der Waals surface area (Å²) in [5.74, 6) is -13.7. The summed E-state index contributed by atoms with van der Waals surface area (Å²) in [7, 11) is 0. The van der Waals surface area contributed by atoms with Gasteiger partial charge in [-0.05, 0) is 66.5 Å². The summed E-state index contributed by atoms with van der Waals surface area (Å²) in [5, 5.41) is 60.3. The SMILES string of the molecule is CSCC[C@H](NC(=O)[C@H](CC1C=NC=N1)NC(=O)CNC(=O)[C@H](Cc1ccc(O)cc1)NC(=O)[C@H](CC(=O)O)NC(=O)[C@H](CC(=O)O)NC(=O)[C@@H](N)Cc1ccccc1)C(=O)N[C@@H](CCCN=C(N)N)C(=O)N[C@@H](Cc1ccccc1)C(=O)NCC(=O)O. The topological polar surface area (TPSA) is 509 Å². The Balaban J connectivity index is 1.54. The fraction of sp³-hybridized carbons (Fsp3) is 0.411. The Hall–Kier alpha value is -9.98. The van der Waals surface area contributed by atoms with Crippen LogP contribution in [0.2, 0.25) is 0 Å². The summed E-state index contributed by atoms with van der Waals surface area (Å²) in [6, 6.07) is 9.14. The van der Waals surface area contributed by atoms with Crippen molar-refractivity contribution in [1.82, 2.24) is 47.9 Å². The molecule has 1 heterocycles. The molecule has 4 rings (SSSR count). The third-order valence-corrected chi connectivity index (χ3v) is 13.6. The highest BCUT2D eigenvalue weighted by Gasteiger charge is 2.35. The van der Waals surface area contributed by atoms with E-state index in [1.54, 1.807) is 66.9 Å². The van der Waals surface area contributed by atoms with Crippen molar-refractivity contribution in [2.24, 2.45) is 32.2 Å². The Kier molecular flexibility index (Phi) is 29.5. The van der Waals surface area contributed by atoms with Gasteiger partial charge in [0.1, 0.15) is 60.9 Å². The number of carbonyl (C=O) groups excluding carboxylic acids is 9. The number of guanidine groups is 1. The zero-order valence-corrected chi connectivity index (χ0v) is 48.6. The number of aromatic hydroxyl groups is 1. The second kappa shape index (κ2) is 36.8. The quantitative estimate of drug-likeness (QED) is 0.0148. The number of nitrogens with zero attached hydrogens (tertiary/aromatic N) is 3. The van der Waals surface area contributed by atoms with E-state index in [0.717, 1.165) is 0 Å². The lowest BCUT2D eigenvalue weighted by Gasteiger charge is -2.27. The normalized spacial score (nSPS) is 14.9. The molecule has 0 spiro atoms. The van der Waals surface area contributed by atoms with Crippen molar-refractivity contribution in [2.75, 3.05) is 31.6 Å². The highest BCUT2D eigenvalue weighted by atomic mass is 32.2. The van der Waals surface area contributed by atoms with Crippen molar-refractivity contribution in [1.29, 1.82) is 0 Å². The average Bonchev–Trinajstić information content (AvgIpc) is 4.17. The third kappa shape index (κ3) is 26.1. The van der Waals surface area contributed by atoms with E-state index in [1.165, 1.54) is 48.6 Å². The van der Waals surface area contributed by atoms with Gasteiger partial charge in [-0.2, -0.15) is 11.8 Å². The molecule has 3 aromatic rings. The van der Waals surface area contributed by atoms with E-state index in [9.17, 15) is 78.0 Å². The van der Waals surface area contributed by atoms with Gasteiger partial charge in [-0.3, -0.25) is 67.5 Å². The molecule has 9 atom stereocenters. The van der Waals surface area contributed by atoms with Crippen molar-refractivity contribution < 1.29 is 78.0 Å². The minimum absolute atomic E-state index is 0.00871. The number of phenolic OH excluding ortho intramolecular Hbond substituents is 1. The number of aliphatic carboxylic acids is 3. The maximum atomic E-state index is 14.3. The number of rotatable bonds is 38. The summed E-state index contributed by atoms with van der Waals surface area (Å²) >= 11 is 1.31. The molecule has 0 aliphatic carbocycles. The Morgan fingerprint density at radius 3 is 1.48 bits per heavy atom. The van der Waals surface area contributed by atoms with Crippen LogP contribution in [-0.2, 0) is 76.8 Å². The van der Waals surface area contributed by atoms with Gasteiger partial charge < -0.3 is 85.5 Å². The summed E-state index contributed by atoms with van der Waals surface area (Å²) in [5.41, 5.74) is 18.6. The first-order valence-electron chi connectivity index (χ1n) is 27.4. The van der Waals surface area contributed by atoms with Crippen molar-refractivity contribution in [3.05, 3.63) is 102 Å². The van der Waals surface area contributed by atoms with Gasteiger partial charge in [0.15, 0.2) is 5.96 Å². The van der Waals surface area contributed by atoms with Crippen LogP contribution < -0.4 is 65.1 Å². The van der Waals surface area contributed by atoms with Crippen LogP contribution >= 0.6 is 11.8 Å². The van der Waals surface area contributed by atoms with Crippen molar-refractivity contribution in [3.8, 4) is 5.75 Å². The maximum Gasteiger partial charge on any atom is 0.322 e. The highest BCUT2D eigenvalue weighted by molar-refractivity contribution is 7.98. The molecular weight excluding hydrogens is 1170 g/mol. The minimum Gasteiger partial charge on any atom is -0.508 e. The summed E-state index contributed by atoms with van der Waals surface area (Å²) < 4.78 is 0. The van der Waals surface area contributed by atoms with E-state index in [4.69, 9.17) is 17.2 Å². The Labute approximate surface area is 508 Å². The lowest BCUT2D eigenvalue weighted by atomic mass is 10.0. The molecule has 31 nitrogen and oxygen atoms in total. The molecule has 9 amide bonds. The van der Waals surface area contributed by atoms with Crippen LogP contribution in [0, 0.1) is 0 Å². The predicted molar refractivity (Wildman–Crippen MR) is 320 cm³/mol. The van der Waals surface area contributed by atoms with E-state index in [2.05, 4.69) is 62.8 Å². The lowest BCUT2D eigenvalue weighted by molar-refractivity contribution is -0.143. The van der Waals surface area contributed by atoms with E-state index < -0.39 is 151 Å². The molecular formula is C56H73N15O16S. The van der Waals surface area contributed by atoms with E-state index in [1.807, 2.05) is 0 Å². The van der Waals surface area contributed by atoms with Crippen LogP contribution in [0.3, 0.4) is 0 Å². The molecule has 0 aromatic heterocycles. The number of phenols is 1. The monoisotopic (exact) mass is 1240 g/mol. The van der Waals surface area contributed by atoms with E-state index in [-0.39, 0.29) is 69.0 Å². The number of hydrogen-bond donors (Lipinski definition) is 16. The number of amides is 9. The number of hydrogen-bond acceptors (Lipinski definition) is 18. The van der Waals surface area contributed by atoms with Crippen LogP contribution in [0.15, 0.2) is 99.9 Å². The highest BCUT2D eigenvalue weighted by Crippen LogP contribution is 2.14. The number of carboxylic acid groups (broad SMARTS) is 3. The molecule has 474 valence electrons. The fourth-order valence-electron chi connectivity index (χ4n) is 8.50. The predicted octanol–water partition coefficient (Wildman–Crippen LogP) is -3.91. The number of aliphatic imine (C=N–C) groups is 3. The number of carbonyl (C=O) groups is 12. The van der Waals surface area contributed by atoms with Crippen LogP contribution in [0.5, 0.6) is 5.75 Å². The molecule has 1 aliphatic heterocycles.